The fraction of sp³-hybridized carbons (Fsp3) is 0.524. The zero-order chi connectivity index (χ0) is 23.8. The van der Waals surface area contributed by atoms with Crippen molar-refractivity contribution in [3.63, 3.8) is 0 Å². The lowest BCUT2D eigenvalue weighted by atomic mass is 10.0. The predicted octanol–water partition coefficient (Wildman–Crippen LogP) is 2.32. The smallest absolute Gasteiger partial charge is 0.277 e. The maximum Gasteiger partial charge on any atom is 0.277 e. The fourth-order valence-corrected chi connectivity index (χ4v) is 5.02. The topological polar surface area (TPSA) is 111 Å². The Morgan fingerprint density at radius 1 is 1.31 bits per heavy atom. The largest absolute Gasteiger partial charge is 0.362 e. The van der Waals surface area contributed by atoms with Gasteiger partial charge in [-0.2, -0.15) is 0 Å². The van der Waals surface area contributed by atoms with E-state index in [1.807, 2.05) is 13.8 Å². The molecular formula is C21H28ClN3O6S. The van der Waals surface area contributed by atoms with E-state index >= 15 is 0 Å². The summed E-state index contributed by atoms with van der Waals surface area (Å²) in [4.78, 5) is 27.4. The molecule has 1 aromatic carbocycles. The van der Waals surface area contributed by atoms with E-state index in [-0.39, 0.29) is 45.3 Å². The third kappa shape index (κ3) is 4.63. The van der Waals surface area contributed by atoms with E-state index in [1.54, 1.807) is 11.8 Å². The molecule has 3 rings (SSSR count). The molecule has 0 bridgehead atoms. The number of morpholine rings is 1. The number of carbonyl (C=O) groups is 1. The summed E-state index contributed by atoms with van der Waals surface area (Å²) in [5.41, 5.74) is -0.269. The van der Waals surface area contributed by atoms with Crippen LogP contribution in [0.15, 0.2) is 28.0 Å². The van der Waals surface area contributed by atoms with E-state index in [9.17, 15) is 18.0 Å². The highest BCUT2D eigenvalue weighted by Gasteiger charge is 2.34. The molecule has 0 unspecified atom stereocenters. The van der Waals surface area contributed by atoms with Gasteiger partial charge in [0, 0.05) is 38.2 Å². The molecule has 11 heteroatoms. The Balaban J connectivity index is 2.16. The van der Waals surface area contributed by atoms with Crippen LogP contribution in [0.5, 0.6) is 0 Å². The number of anilines is 1. The number of hydrogen-bond acceptors (Lipinski definition) is 7. The van der Waals surface area contributed by atoms with Gasteiger partial charge in [-0.25, -0.2) is 8.42 Å². The van der Waals surface area contributed by atoms with E-state index in [0.717, 1.165) is 6.26 Å². The molecule has 1 aliphatic rings. The first-order valence-electron chi connectivity index (χ1n) is 10.3. The molecule has 2 aromatic rings. The number of sulfone groups is 1. The summed E-state index contributed by atoms with van der Waals surface area (Å²) in [6, 6.07) is 2.71. The number of hydrogen-bond donors (Lipinski definition) is 1. The number of aryl methyl sites for hydroxylation is 1. The maximum absolute atomic E-state index is 13.2. The number of rotatable bonds is 7. The van der Waals surface area contributed by atoms with E-state index in [0.29, 0.717) is 13.1 Å². The summed E-state index contributed by atoms with van der Waals surface area (Å²) >= 11 is 6.68. The molecule has 0 amide bonds. The van der Waals surface area contributed by atoms with Crippen LogP contribution in [-0.2, 0) is 25.9 Å². The second-order valence-electron chi connectivity index (χ2n) is 8.10. The average molecular weight is 486 g/mol. The van der Waals surface area contributed by atoms with Crippen LogP contribution in [0.4, 0.5) is 5.69 Å². The molecule has 0 radical (unpaired) electrons. The number of aromatic amines is 1. The second-order valence-corrected chi connectivity index (χ2v) is 10.5. The van der Waals surface area contributed by atoms with Crippen molar-refractivity contribution in [1.82, 2.24) is 9.78 Å². The molecule has 0 saturated carbocycles. The summed E-state index contributed by atoms with van der Waals surface area (Å²) in [7, 11) is -2.16. The zero-order valence-corrected chi connectivity index (χ0v) is 20.3. The number of methoxy groups -OCH3 is 1. The summed E-state index contributed by atoms with van der Waals surface area (Å²) < 4.78 is 37.8. The predicted molar refractivity (Wildman–Crippen MR) is 121 cm³/mol. The second kappa shape index (κ2) is 9.38. The molecule has 2 heterocycles. The number of ether oxygens (including phenoxy) is 2. The Morgan fingerprint density at radius 2 is 2.00 bits per heavy atom. The lowest BCUT2D eigenvalue weighted by molar-refractivity contribution is -0.172. The molecule has 32 heavy (non-hydrogen) atoms. The molecule has 1 N–H and O–H groups in total. The number of halogens is 1. The Morgan fingerprint density at radius 3 is 2.53 bits per heavy atom. The molecule has 2 atom stereocenters. The van der Waals surface area contributed by atoms with Gasteiger partial charge in [0.15, 0.2) is 16.1 Å². The molecule has 176 valence electrons. The Kier molecular flexibility index (Phi) is 7.18. The summed E-state index contributed by atoms with van der Waals surface area (Å²) in [6.45, 7) is 6.72. The zero-order valence-electron chi connectivity index (χ0n) is 18.7. The molecular weight excluding hydrogens is 458 g/mol. The van der Waals surface area contributed by atoms with Gasteiger partial charge >= 0.3 is 0 Å². The number of benzene rings is 1. The molecule has 0 aliphatic carbocycles. The van der Waals surface area contributed by atoms with Crippen molar-refractivity contribution in [2.45, 2.75) is 44.6 Å². The molecule has 1 fully saturated rings. The van der Waals surface area contributed by atoms with Crippen LogP contribution in [0.3, 0.4) is 0 Å². The number of nitrogens with one attached hydrogen (secondary N) is 1. The van der Waals surface area contributed by atoms with E-state index in [1.165, 1.54) is 30.1 Å². The van der Waals surface area contributed by atoms with Gasteiger partial charge in [0.05, 0.1) is 28.3 Å². The van der Waals surface area contributed by atoms with Gasteiger partial charge in [0.1, 0.15) is 5.56 Å². The van der Waals surface area contributed by atoms with Gasteiger partial charge in [0.25, 0.3) is 5.56 Å². The first kappa shape index (κ1) is 24.5. The van der Waals surface area contributed by atoms with Gasteiger partial charge in [-0.1, -0.05) is 25.4 Å². The quantitative estimate of drug-likeness (QED) is 0.599. The van der Waals surface area contributed by atoms with Crippen LogP contribution in [0, 0.1) is 5.92 Å². The van der Waals surface area contributed by atoms with Gasteiger partial charge < -0.3 is 19.5 Å². The van der Waals surface area contributed by atoms with Crippen molar-refractivity contribution >= 4 is 32.9 Å². The van der Waals surface area contributed by atoms with Crippen molar-refractivity contribution in [1.29, 1.82) is 0 Å². The Bertz CT molecular complexity index is 1170. The highest BCUT2D eigenvalue weighted by atomic mass is 35.5. The van der Waals surface area contributed by atoms with Crippen molar-refractivity contribution < 1.29 is 22.7 Å². The molecule has 9 nitrogen and oxygen atoms in total. The van der Waals surface area contributed by atoms with Crippen molar-refractivity contribution in [2.75, 3.05) is 31.4 Å². The standard InChI is InChI=1S/C21H28ClN3O6S/c1-6-25-21(27)14(9-23-25)20(26)13-7-8-16(32(5,28)29)19(18(13)22)24-10-15(12(2)3)31-17(11-24)30-4/h7-9,12,15,17,23H,6,10-11H2,1-5H3/t15-,17+/m0/s1. The van der Waals surface area contributed by atoms with Crippen LogP contribution < -0.4 is 10.5 Å². The number of ketones is 1. The minimum Gasteiger partial charge on any atom is -0.362 e. The Hall–Kier alpha value is -2.14. The average Bonchev–Trinajstić information content (AvgIpc) is 3.12. The van der Waals surface area contributed by atoms with Crippen molar-refractivity contribution in [2.24, 2.45) is 5.92 Å². The van der Waals surface area contributed by atoms with E-state index in [4.69, 9.17) is 21.1 Å². The van der Waals surface area contributed by atoms with Crippen LogP contribution >= 0.6 is 11.6 Å². The highest BCUT2D eigenvalue weighted by Crippen LogP contribution is 2.38. The molecule has 1 aliphatic heterocycles. The monoisotopic (exact) mass is 485 g/mol. The Labute approximate surface area is 192 Å². The van der Waals surface area contributed by atoms with Crippen LogP contribution in [0.25, 0.3) is 0 Å². The molecule has 1 saturated heterocycles. The van der Waals surface area contributed by atoms with E-state index in [2.05, 4.69) is 5.10 Å². The van der Waals surface area contributed by atoms with Gasteiger partial charge in [-0.15, -0.1) is 0 Å². The molecule has 1 aromatic heterocycles. The maximum atomic E-state index is 13.2. The van der Waals surface area contributed by atoms with Crippen LogP contribution in [0.1, 0.15) is 36.7 Å². The normalized spacial score (nSPS) is 19.5. The van der Waals surface area contributed by atoms with Crippen molar-refractivity contribution in [3.8, 4) is 0 Å². The minimum atomic E-state index is -3.67. The van der Waals surface area contributed by atoms with Crippen LogP contribution in [0.2, 0.25) is 5.02 Å². The molecule has 0 spiro atoms. The number of nitrogens with zero attached hydrogens (tertiary/aromatic N) is 2. The minimum absolute atomic E-state index is 0.00153. The van der Waals surface area contributed by atoms with Gasteiger partial charge in [-0.05, 0) is 25.0 Å². The summed E-state index contributed by atoms with van der Waals surface area (Å²) in [6.07, 6.45) is 1.58. The lowest BCUT2D eigenvalue weighted by Gasteiger charge is -2.41. The highest BCUT2D eigenvalue weighted by molar-refractivity contribution is 7.90. The summed E-state index contributed by atoms with van der Waals surface area (Å²) in [5.74, 6) is -0.449. The third-order valence-corrected chi connectivity index (χ3v) is 7.05. The van der Waals surface area contributed by atoms with Gasteiger partial charge in [0.2, 0.25) is 5.78 Å². The number of carbonyl (C=O) groups excluding carboxylic acids is 1. The van der Waals surface area contributed by atoms with Gasteiger partial charge in [-0.3, -0.25) is 14.3 Å². The fourth-order valence-electron chi connectivity index (χ4n) is 3.70. The van der Waals surface area contributed by atoms with Crippen LogP contribution in [-0.4, -0.2) is 62.8 Å². The van der Waals surface area contributed by atoms with E-state index < -0.39 is 27.5 Å². The number of H-pyrrole nitrogens is 1. The number of aromatic nitrogens is 2. The SMILES string of the molecule is CCn1[nH]cc(C(=O)c2ccc(S(C)(=O)=O)c(N3C[C@H](OC)O[C@H](C(C)C)C3)c2Cl)c1=O. The third-order valence-electron chi connectivity index (χ3n) is 5.54. The summed E-state index contributed by atoms with van der Waals surface area (Å²) in [5, 5.41) is 2.71. The first-order chi connectivity index (χ1) is 15.0. The first-order valence-corrected chi connectivity index (χ1v) is 12.5. The lowest BCUT2D eigenvalue weighted by Crippen LogP contribution is -2.50. The van der Waals surface area contributed by atoms with Crippen molar-refractivity contribution in [3.05, 3.63) is 44.8 Å².